The summed E-state index contributed by atoms with van der Waals surface area (Å²) in [5, 5.41) is 9.96. The molecule has 0 radical (unpaired) electrons. The lowest BCUT2D eigenvalue weighted by Gasteiger charge is -2.24. The Labute approximate surface area is 213 Å². The number of fused-ring (bicyclic) bond motifs is 1. The number of nitrogens with one attached hydrogen (secondary N) is 1. The van der Waals surface area contributed by atoms with Crippen molar-refractivity contribution in [3.05, 3.63) is 72.4 Å². The monoisotopic (exact) mass is 527 g/mol. The molecular formula is C25H21F4N7O2. The molecule has 1 amide bonds. The van der Waals surface area contributed by atoms with E-state index in [0.717, 1.165) is 25.5 Å². The predicted octanol–water partition coefficient (Wildman–Crippen LogP) is 4.95. The number of imidazole rings is 1. The Balaban J connectivity index is 1.31. The molecule has 1 aromatic carbocycles. The smallest absolute Gasteiger partial charge is 0.358 e. The Bertz CT molecular complexity index is 1650. The first-order valence-corrected chi connectivity index (χ1v) is 11.4. The zero-order valence-electron chi connectivity index (χ0n) is 20.4. The number of anilines is 1. The topological polar surface area (TPSA) is 103 Å². The van der Waals surface area contributed by atoms with E-state index in [9.17, 15) is 22.4 Å². The van der Waals surface area contributed by atoms with E-state index >= 15 is 0 Å². The van der Waals surface area contributed by atoms with Crippen molar-refractivity contribution in [1.82, 2.24) is 29.3 Å². The summed E-state index contributed by atoms with van der Waals surface area (Å²) in [6, 6.07) is 7.18. The van der Waals surface area contributed by atoms with Crippen LogP contribution in [0.4, 0.5) is 23.4 Å². The molecule has 0 aliphatic rings. The molecule has 5 rings (SSSR count). The second-order valence-corrected chi connectivity index (χ2v) is 9.28. The van der Waals surface area contributed by atoms with Crippen molar-refractivity contribution < 1.29 is 26.9 Å². The van der Waals surface area contributed by atoms with Crippen LogP contribution in [0, 0.1) is 5.82 Å². The van der Waals surface area contributed by atoms with Gasteiger partial charge in [0.25, 0.3) is 0 Å². The van der Waals surface area contributed by atoms with Crippen LogP contribution >= 0.6 is 0 Å². The number of rotatable bonds is 6. The molecule has 0 fully saturated rings. The molecule has 0 saturated heterocycles. The van der Waals surface area contributed by atoms with E-state index in [0.29, 0.717) is 22.6 Å². The van der Waals surface area contributed by atoms with Crippen molar-refractivity contribution >= 4 is 17.4 Å². The maximum atomic E-state index is 14.9. The van der Waals surface area contributed by atoms with Crippen molar-refractivity contribution in [2.45, 2.75) is 31.9 Å². The average Bonchev–Trinajstić information content (AvgIpc) is 3.59. The van der Waals surface area contributed by atoms with E-state index in [1.165, 1.54) is 12.1 Å². The fourth-order valence-electron chi connectivity index (χ4n) is 3.79. The Kier molecular flexibility index (Phi) is 6.00. The van der Waals surface area contributed by atoms with Gasteiger partial charge >= 0.3 is 6.18 Å². The van der Waals surface area contributed by atoms with Crippen LogP contribution in [0.25, 0.3) is 28.2 Å². The molecule has 0 aliphatic carbocycles. The van der Waals surface area contributed by atoms with Crippen molar-refractivity contribution in [2.24, 2.45) is 7.05 Å². The number of aromatic nitrogens is 6. The summed E-state index contributed by atoms with van der Waals surface area (Å²) in [4.78, 5) is 21.3. The van der Waals surface area contributed by atoms with Crippen molar-refractivity contribution in [3.8, 4) is 22.5 Å². The first kappa shape index (κ1) is 25.1. The second kappa shape index (κ2) is 9.08. The van der Waals surface area contributed by atoms with Crippen LogP contribution in [-0.4, -0.2) is 41.4 Å². The molecule has 0 spiro atoms. The Morgan fingerprint density at radius 2 is 1.87 bits per heavy atom. The van der Waals surface area contributed by atoms with Gasteiger partial charge in [-0.15, -0.1) is 0 Å². The van der Waals surface area contributed by atoms with Gasteiger partial charge in [0.15, 0.2) is 11.6 Å². The largest absolute Gasteiger partial charge is 0.401 e. The van der Waals surface area contributed by atoms with E-state index in [1.807, 2.05) is 6.20 Å². The summed E-state index contributed by atoms with van der Waals surface area (Å²) in [5.74, 6) is -1.94. The third kappa shape index (κ3) is 4.62. The molecule has 38 heavy (non-hydrogen) atoms. The third-order valence-corrected chi connectivity index (χ3v) is 6.21. The molecule has 5 aromatic rings. The summed E-state index contributed by atoms with van der Waals surface area (Å²) in [6.07, 6.45) is 1.77. The first-order chi connectivity index (χ1) is 17.9. The quantitative estimate of drug-likeness (QED) is 0.314. The number of hydrogen-bond donors (Lipinski definition) is 1. The number of alkyl halides is 3. The second-order valence-electron chi connectivity index (χ2n) is 9.28. The van der Waals surface area contributed by atoms with Gasteiger partial charge in [-0.1, -0.05) is 17.3 Å². The molecule has 0 unspecified atom stereocenters. The maximum Gasteiger partial charge on any atom is 0.401 e. The molecule has 1 N–H and O–H groups in total. The highest BCUT2D eigenvalue weighted by atomic mass is 19.4. The van der Waals surface area contributed by atoms with Gasteiger partial charge < -0.3 is 9.84 Å². The molecule has 13 heteroatoms. The summed E-state index contributed by atoms with van der Waals surface area (Å²) in [6.45, 7) is 1.88. The minimum atomic E-state index is -4.57. The van der Waals surface area contributed by atoms with Crippen molar-refractivity contribution in [1.29, 1.82) is 0 Å². The fourth-order valence-corrected chi connectivity index (χ4v) is 3.79. The van der Waals surface area contributed by atoms with Crippen LogP contribution in [0.5, 0.6) is 0 Å². The van der Waals surface area contributed by atoms with Crippen LogP contribution in [-0.2, 0) is 23.7 Å². The number of nitrogens with zero attached hydrogens (tertiary/aromatic N) is 6. The number of carbonyl (C=O) groups is 1. The highest BCUT2D eigenvalue weighted by Crippen LogP contribution is 2.41. The van der Waals surface area contributed by atoms with Crippen LogP contribution < -0.4 is 5.32 Å². The lowest BCUT2D eigenvalue weighted by atomic mass is 9.89. The van der Waals surface area contributed by atoms with Crippen molar-refractivity contribution in [3.63, 3.8) is 0 Å². The Morgan fingerprint density at radius 3 is 2.55 bits per heavy atom. The minimum absolute atomic E-state index is 0.0939. The average molecular weight is 527 g/mol. The van der Waals surface area contributed by atoms with Gasteiger partial charge in [-0.3, -0.25) is 13.9 Å². The SMILES string of the molecule is Cn1cc(-c2cc3ncc(-c4ccc(CC(=O)Nc5cc(C(C)(C)C(F)(F)F)on5)c(F)c4)n3cn2)cn1. The standard InChI is InChI=1S/C25H21F4N7O2/c1-24(2,25(27,28)29)20-9-21(34-38-20)33-23(37)7-14-4-5-15(6-17(14)26)19-11-30-22-8-18(31-13-36(19)22)16-10-32-35(3)12-16/h4-6,8-13H,7H2,1-3H3,(H,33,34,37). The van der Waals surface area contributed by atoms with E-state index < -0.39 is 29.1 Å². The number of benzene rings is 1. The van der Waals surface area contributed by atoms with Crippen LogP contribution in [0.3, 0.4) is 0 Å². The molecule has 4 heterocycles. The zero-order valence-corrected chi connectivity index (χ0v) is 20.4. The number of halogens is 4. The van der Waals surface area contributed by atoms with Crippen molar-refractivity contribution in [2.75, 3.05) is 5.32 Å². The lowest BCUT2D eigenvalue weighted by molar-refractivity contribution is -0.185. The summed E-state index contributed by atoms with van der Waals surface area (Å²) in [5.41, 5.74) is 1.05. The molecule has 4 aromatic heterocycles. The highest BCUT2D eigenvalue weighted by molar-refractivity contribution is 5.91. The number of aryl methyl sites for hydroxylation is 1. The predicted molar refractivity (Wildman–Crippen MR) is 129 cm³/mol. The summed E-state index contributed by atoms with van der Waals surface area (Å²) in [7, 11) is 1.81. The molecule has 196 valence electrons. The van der Waals surface area contributed by atoms with Gasteiger partial charge in [-0.2, -0.15) is 18.3 Å². The number of carbonyl (C=O) groups excluding carboxylic acids is 1. The van der Waals surface area contributed by atoms with Gasteiger partial charge in [0.2, 0.25) is 5.91 Å². The van der Waals surface area contributed by atoms with Gasteiger partial charge in [0.05, 0.1) is 30.2 Å². The summed E-state index contributed by atoms with van der Waals surface area (Å²) >= 11 is 0. The van der Waals surface area contributed by atoms with E-state index in [4.69, 9.17) is 4.52 Å². The molecule has 0 saturated carbocycles. The Hall–Kier alpha value is -4.55. The minimum Gasteiger partial charge on any atom is -0.358 e. The van der Waals surface area contributed by atoms with Gasteiger partial charge in [0.1, 0.15) is 23.2 Å². The maximum absolute atomic E-state index is 14.9. The first-order valence-electron chi connectivity index (χ1n) is 11.4. The molecular weight excluding hydrogens is 506 g/mol. The molecule has 0 bridgehead atoms. The highest BCUT2D eigenvalue weighted by Gasteiger charge is 2.51. The van der Waals surface area contributed by atoms with Crippen LogP contribution in [0.2, 0.25) is 0 Å². The number of hydrogen-bond acceptors (Lipinski definition) is 6. The van der Waals surface area contributed by atoms with E-state index in [1.54, 1.807) is 47.0 Å². The van der Waals surface area contributed by atoms with E-state index in [2.05, 4.69) is 25.5 Å². The summed E-state index contributed by atoms with van der Waals surface area (Å²) < 4.78 is 62.7. The van der Waals surface area contributed by atoms with Gasteiger partial charge in [-0.05, 0) is 25.5 Å². The zero-order chi connectivity index (χ0) is 27.2. The molecule has 0 aliphatic heterocycles. The number of amides is 1. The fraction of sp³-hybridized carbons (Fsp3) is 0.240. The normalized spacial score (nSPS) is 12.3. The third-order valence-electron chi connectivity index (χ3n) is 6.21. The van der Waals surface area contributed by atoms with Gasteiger partial charge in [0, 0.05) is 36.5 Å². The van der Waals surface area contributed by atoms with E-state index in [-0.39, 0.29) is 17.8 Å². The van der Waals surface area contributed by atoms with Crippen LogP contribution in [0.15, 0.2) is 59.8 Å². The molecule has 0 atom stereocenters. The van der Waals surface area contributed by atoms with Crippen LogP contribution in [0.1, 0.15) is 25.2 Å². The van der Waals surface area contributed by atoms with Gasteiger partial charge in [-0.25, -0.2) is 14.4 Å². The lowest BCUT2D eigenvalue weighted by Crippen LogP contribution is -2.35. The Morgan fingerprint density at radius 1 is 1.08 bits per heavy atom. The molecule has 9 nitrogen and oxygen atoms in total.